The maximum absolute atomic E-state index is 11.3. The van der Waals surface area contributed by atoms with E-state index in [0.717, 1.165) is 42.0 Å². The number of nitrogens with zero attached hydrogens (tertiary/aromatic N) is 2. The normalized spacial score (nSPS) is 20.3. The van der Waals surface area contributed by atoms with Crippen molar-refractivity contribution in [1.29, 1.82) is 5.26 Å². The molecule has 2 heterocycles. The van der Waals surface area contributed by atoms with Crippen LogP contribution in [0.2, 0.25) is 0 Å². The Bertz CT molecular complexity index is 987. The molecule has 2 N–H and O–H groups in total. The third-order valence-electron chi connectivity index (χ3n) is 5.86. The van der Waals surface area contributed by atoms with Crippen LogP contribution in [0.1, 0.15) is 46.9 Å². The molecule has 1 fully saturated rings. The summed E-state index contributed by atoms with van der Waals surface area (Å²) in [5.74, 6) is -0.912. The summed E-state index contributed by atoms with van der Waals surface area (Å²) in [5.41, 5.74) is 4.89. The maximum Gasteiger partial charge on any atom is 0.335 e. The molecule has 0 amide bonds. The molecular weight excluding hydrogens is 366 g/mol. The number of hydrogen-bond donors (Lipinski definition) is 2. The van der Waals surface area contributed by atoms with Crippen molar-refractivity contribution in [2.75, 3.05) is 36.5 Å². The highest BCUT2D eigenvalue weighted by Crippen LogP contribution is 2.45. The van der Waals surface area contributed by atoms with E-state index < -0.39 is 5.97 Å². The Morgan fingerprint density at radius 1 is 1.24 bits per heavy atom. The summed E-state index contributed by atoms with van der Waals surface area (Å²) >= 11 is 0. The van der Waals surface area contributed by atoms with Crippen LogP contribution in [0.15, 0.2) is 36.4 Å². The van der Waals surface area contributed by atoms with Gasteiger partial charge < -0.3 is 20.1 Å². The molecular formula is C23H25N3O3. The van der Waals surface area contributed by atoms with Gasteiger partial charge in [-0.15, -0.1) is 0 Å². The van der Waals surface area contributed by atoms with Gasteiger partial charge in [-0.3, -0.25) is 0 Å². The van der Waals surface area contributed by atoms with Crippen molar-refractivity contribution in [3.63, 3.8) is 0 Å². The lowest BCUT2D eigenvalue weighted by atomic mass is 9.72. The molecule has 150 valence electrons. The van der Waals surface area contributed by atoms with Crippen molar-refractivity contribution < 1.29 is 14.6 Å². The largest absolute Gasteiger partial charge is 0.478 e. The van der Waals surface area contributed by atoms with Crippen molar-refractivity contribution >= 4 is 17.3 Å². The molecule has 2 aromatic carbocycles. The third-order valence-corrected chi connectivity index (χ3v) is 5.86. The summed E-state index contributed by atoms with van der Waals surface area (Å²) in [7, 11) is 0. The highest BCUT2D eigenvalue weighted by molar-refractivity contribution is 5.88. The topological polar surface area (TPSA) is 85.6 Å². The first-order valence-corrected chi connectivity index (χ1v) is 9.88. The van der Waals surface area contributed by atoms with Gasteiger partial charge in [0.25, 0.3) is 0 Å². The molecule has 4 rings (SSSR count). The van der Waals surface area contributed by atoms with Crippen molar-refractivity contribution in [2.45, 2.75) is 26.3 Å². The molecule has 1 unspecified atom stereocenters. The summed E-state index contributed by atoms with van der Waals surface area (Å²) in [6.45, 7) is 7.37. The smallest absolute Gasteiger partial charge is 0.335 e. The van der Waals surface area contributed by atoms with Crippen molar-refractivity contribution in [3.8, 4) is 6.07 Å². The highest BCUT2D eigenvalue weighted by atomic mass is 16.5. The van der Waals surface area contributed by atoms with E-state index in [9.17, 15) is 15.2 Å². The van der Waals surface area contributed by atoms with Crippen LogP contribution in [-0.4, -0.2) is 37.4 Å². The minimum Gasteiger partial charge on any atom is -0.478 e. The number of carboxylic acid groups (broad SMARTS) is 1. The predicted octanol–water partition coefficient (Wildman–Crippen LogP) is 3.83. The Hall–Kier alpha value is -3.04. The third kappa shape index (κ3) is 3.79. The number of aromatic carboxylic acids is 1. The van der Waals surface area contributed by atoms with Crippen LogP contribution in [0.3, 0.4) is 0 Å². The van der Waals surface area contributed by atoms with Gasteiger partial charge in [-0.2, -0.15) is 5.26 Å². The van der Waals surface area contributed by atoms with E-state index >= 15 is 0 Å². The van der Waals surface area contributed by atoms with Crippen LogP contribution < -0.4 is 10.2 Å². The van der Waals surface area contributed by atoms with Crippen molar-refractivity contribution in [1.82, 2.24) is 0 Å². The van der Waals surface area contributed by atoms with Crippen LogP contribution in [-0.2, 0) is 11.2 Å². The lowest BCUT2D eigenvalue weighted by molar-refractivity contribution is 0.0696. The molecule has 0 aromatic heterocycles. The monoisotopic (exact) mass is 391 g/mol. The fraction of sp³-hybridized carbons (Fsp3) is 0.391. The standard InChI is InChI=1S/C23H25N3O3/c1-23(2)13-18-11-16(22(27)28)3-4-20(18)25-21(23)17-9-15(14-24)10-19(12-17)26-5-7-29-8-6-26/h3-4,9-12,21,25H,5-8,13H2,1-2H3,(H,27,28). The number of morpholine rings is 1. The second-order valence-electron chi connectivity index (χ2n) is 8.44. The molecule has 6 nitrogen and oxygen atoms in total. The number of benzene rings is 2. The summed E-state index contributed by atoms with van der Waals surface area (Å²) in [4.78, 5) is 13.6. The number of ether oxygens (including phenoxy) is 1. The summed E-state index contributed by atoms with van der Waals surface area (Å²) in [6, 6.07) is 13.6. The molecule has 0 radical (unpaired) electrons. The SMILES string of the molecule is CC1(C)Cc2cc(C(=O)O)ccc2NC1c1cc(C#N)cc(N2CCOCC2)c1. The zero-order valence-corrected chi connectivity index (χ0v) is 16.7. The summed E-state index contributed by atoms with van der Waals surface area (Å²) in [5, 5.41) is 22.5. The number of carboxylic acids is 1. The second-order valence-corrected chi connectivity index (χ2v) is 8.44. The Morgan fingerprint density at radius 3 is 2.69 bits per heavy atom. The number of fused-ring (bicyclic) bond motifs is 1. The van der Waals surface area contributed by atoms with E-state index in [1.807, 2.05) is 18.2 Å². The van der Waals surface area contributed by atoms with Gasteiger partial charge >= 0.3 is 5.97 Å². The van der Waals surface area contributed by atoms with Crippen molar-refractivity contribution in [2.24, 2.45) is 5.41 Å². The van der Waals surface area contributed by atoms with Crippen LogP contribution in [0.25, 0.3) is 0 Å². The minimum absolute atomic E-state index is 0.0127. The molecule has 0 bridgehead atoms. The van der Waals surface area contributed by atoms with E-state index in [-0.39, 0.29) is 11.5 Å². The molecule has 0 spiro atoms. The molecule has 1 saturated heterocycles. The number of rotatable bonds is 3. The summed E-state index contributed by atoms with van der Waals surface area (Å²) in [6.07, 6.45) is 0.755. The van der Waals surface area contributed by atoms with Gasteiger partial charge in [-0.1, -0.05) is 13.8 Å². The van der Waals surface area contributed by atoms with Crippen LogP contribution in [0.5, 0.6) is 0 Å². The summed E-state index contributed by atoms with van der Waals surface area (Å²) < 4.78 is 5.46. The predicted molar refractivity (Wildman–Crippen MR) is 111 cm³/mol. The molecule has 2 aliphatic rings. The number of carbonyl (C=O) groups is 1. The molecule has 29 heavy (non-hydrogen) atoms. The van der Waals surface area contributed by atoms with Crippen LogP contribution in [0.4, 0.5) is 11.4 Å². The fourth-order valence-electron chi connectivity index (χ4n) is 4.36. The van der Waals surface area contributed by atoms with Gasteiger partial charge in [-0.05, 0) is 59.4 Å². The molecule has 0 saturated carbocycles. The average molecular weight is 391 g/mol. The van der Waals surface area contributed by atoms with Crippen LogP contribution in [0, 0.1) is 16.7 Å². The number of nitrogens with one attached hydrogen (secondary N) is 1. The number of nitriles is 1. The molecule has 6 heteroatoms. The first kappa shape index (κ1) is 19.3. The quantitative estimate of drug-likeness (QED) is 0.827. The zero-order chi connectivity index (χ0) is 20.6. The van der Waals surface area contributed by atoms with E-state index in [2.05, 4.69) is 36.2 Å². The Morgan fingerprint density at radius 2 is 2.00 bits per heavy atom. The van der Waals surface area contributed by atoms with E-state index in [0.29, 0.717) is 24.3 Å². The van der Waals surface area contributed by atoms with Gasteiger partial charge in [-0.25, -0.2) is 4.79 Å². The number of hydrogen-bond acceptors (Lipinski definition) is 5. The van der Waals surface area contributed by atoms with Gasteiger partial charge in [0, 0.05) is 24.5 Å². The molecule has 0 aliphatic carbocycles. The van der Waals surface area contributed by atoms with E-state index in [4.69, 9.17) is 4.74 Å². The first-order chi connectivity index (χ1) is 13.9. The highest BCUT2D eigenvalue weighted by Gasteiger charge is 2.36. The van der Waals surface area contributed by atoms with Gasteiger partial charge in [0.05, 0.1) is 36.5 Å². The van der Waals surface area contributed by atoms with Gasteiger partial charge in [0.15, 0.2) is 0 Å². The average Bonchev–Trinajstić information content (AvgIpc) is 2.72. The second kappa shape index (κ2) is 7.41. The maximum atomic E-state index is 11.3. The first-order valence-electron chi connectivity index (χ1n) is 9.88. The van der Waals surface area contributed by atoms with Crippen molar-refractivity contribution in [3.05, 3.63) is 58.7 Å². The molecule has 2 aromatic rings. The van der Waals surface area contributed by atoms with Gasteiger partial charge in [0.1, 0.15) is 0 Å². The Labute approximate surface area is 170 Å². The molecule has 1 atom stereocenters. The molecule has 2 aliphatic heterocycles. The van der Waals surface area contributed by atoms with Gasteiger partial charge in [0.2, 0.25) is 0 Å². The fourth-order valence-corrected chi connectivity index (χ4v) is 4.36. The van der Waals surface area contributed by atoms with E-state index in [1.54, 1.807) is 12.1 Å². The lowest BCUT2D eigenvalue weighted by Crippen LogP contribution is -2.37. The Balaban J connectivity index is 1.72. The van der Waals surface area contributed by atoms with E-state index in [1.165, 1.54) is 0 Å². The Kier molecular flexibility index (Phi) is 4.93. The lowest BCUT2D eigenvalue weighted by Gasteiger charge is -2.42. The number of anilines is 2. The minimum atomic E-state index is -0.912. The zero-order valence-electron chi connectivity index (χ0n) is 16.7. The van der Waals surface area contributed by atoms with Crippen LogP contribution >= 0.6 is 0 Å².